The molecular weight excluding hydrogens is 382 g/mol. The van der Waals surface area contributed by atoms with Gasteiger partial charge < -0.3 is 15.1 Å². The van der Waals surface area contributed by atoms with Crippen molar-refractivity contribution in [3.05, 3.63) is 65.2 Å². The largest absolute Gasteiger partial charge is 0.378 e. The number of alkyl halides is 1. The first-order valence-corrected chi connectivity index (χ1v) is 10.9. The van der Waals surface area contributed by atoms with Crippen LogP contribution in [0.2, 0.25) is 0 Å². The highest BCUT2D eigenvalue weighted by Crippen LogP contribution is 2.20. The van der Waals surface area contributed by atoms with E-state index >= 15 is 0 Å². The summed E-state index contributed by atoms with van der Waals surface area (Å²) in [5.41, 5.74) is 4.74. The molecule has 1 heterocycles. The summed E-state index contributed by atoms with van der Waals surface area (Å²) in [5.74, 6) is 0.324. The number of carbonyl (C=O) groups excluding carboxylic acids is 1. The lowest BCUT2D eigenvalue weighted by atomic mass is 9.94. The predicted molar refractivity (Wildman–Crippen MR) is 121 cm³/mol. The number of hydrogen-bond donors (Lipinski definition) is 2. The summed E-state index contributed by atoms with van der Waals surface area (Å²) in [4.78, 5) is 16.2. The molecule has 3 rings (SSSR count). The van der Waals surface area contributed by atoms with Gasteiger partial charge in [-0.2, -0.15) is 0 Å². The van der Waals surface area contributed by atoms with Gasteiger partial charge >= 0.3 is 0 Å². The summed E-state index contributed by atoms with van der Waals surface area (Å²) in [5, 5.41) is 3.18. The molecular formula is C24H33ClN3O+. The molecule has 0 fully saturated rings. The van der Waals surface area contributed by atoms with Crippen molar-refractivity contribution in [2.45, 2.75) is 32.9 Å². The second-order valence-electron chi connectivity index (χ2n) is 8.87. The molecule has 0 aliphatic carbocycles. The zero-order valence-corrected chi connectivity index (χ0v) is 18.7. The third kappa shape index (κ3) is 5.12. The molecule has 4 nitrogen and oxygen atoms in total. The van der Waals surface area contributed by atoms with Gasteiger partial charge in [-0.3, -0.25) is 4.79 Å². The number of hydrogen-bond acceptors (Lipinski definition) is 2. The van der Waals surface area contributed by atoms with Crippen molar-refractivity contribution in [3.63, 3.8) is 0 Å². The van der Waals surface area contributed by atoms with E-state index in [-0.39, 0.29) is 11.9 Å². The van der Waals surface area contributed by atoms with E-state index in [1.54, 1.807) is 0 Å². The fraction of sp³-hybridized carbons (Fsp3) is 0.458. The number of fused-ring (bicyclic) bond motifs is 1. The molecule has 0 saturated carbocycles. The molecule has 29 heavy (non-hydrogen) atoms. The third-order valence-electron chi connectivity index (χ3n) is 5.97. The fourth-order valence-electron chi connectivity index (χ4n) is 3.90. The molecule has 0 saturated heterocycles. The van der Waals surface area contributed by atoms with Gasteiger partial charge in [-0.1, -0.05) is 36.4 Å². The second kappa shape index (κ2) is 9.19. The first kappa shape index (κ1) is 21.7. The topological polar surface area (TPSA) is 36.8 Å². The van der Waals surface area contributed by atoms with Gasteiger partial charge in [0.15, 0.2) is 0 Å². The summed E-state index contributed by atoms with van der Waals surface area (Å²) in [7, 11) is 4.10. The summed E-state index contributed by atoms with van der Waals surface area (Å²) in [6.07, 6.45) is 1.07. The van der Waals surface area contributed by atoms with Gasteiger partial charge in [0.25, 0.3) is 0 Å². The van der Waals surface area contributed by atoms with Crippen LogP contribution in [0.25, 0.3) is 0 Å². The van der Waals surface area contributed by atoms with Crippen molar-refractivity contribution in [3.8, 4) is 0 Å². The highest BCUT2D eigenvalue weighted by atomic mass is 35.5. The number of benzene rings is 2. The number of amides is 1. The molecule has 1 amide bonds. The van der Waals surface area contributed by atoms with E-state index in [0.29, 0.717) is 12.4 Å². The van der Waals surface area contributed by atoms with Gasteiger partial charge in [0.05, 0.1) is 18.5 Å². The Labute approximate surface area is 179 Å². The lowest BCUT2D eigenvalue weighted by molar-refractivity contribution is -0.945. The predicted octanol–water partition coefficient (Wildman–Crippen LogP) is 2.82. The summed E-state index contributed by atoms with van der Waals surface area (Å²) < 4.78 is 0. The number of halogens is 1. The Morgan fingerprint density at radius 1 is 1.14 bits per heavy atom. The van der Waals surface area contributed by atoms with E-state index in [0.717, 1.165) is 19.5 Å². The van der Waals surface area contributed by atoms with Crippen LogP contribution in [0.3, 0.4) is 0 Å². The van der Waals surface area contributed by atoms with Gasteiger partial charge in [-0.15, -0.1) is 11.6 Å². The number of quaternary nitrogens is 1. The highest BCUT2D eigenvalue weighted by molar-refractivity contribution is 6.19. The Morgan fingerprint density at radius 2 is 1.79 bits per heavy atom. The van der Waals surface area contributed by atoms with Crippen molar-refractivity contribution in [2.75, 3.05) is 38.0 Å². The minimum absolute atomic E-state index is 0.0132. The standard InChI is InChI=1S/C24H32ClN3O/c1-24(2,17-25)23(29)26-15-22(19-9-11-21(12-10-19)27(3)4)28-14-13-18-7-5-6-8-20(18)16-28/h5-12,22H,13-17H2,1-4H3,(H,26,29)/p+1/t22-/m1/s1. The second-order valence-corrected chi connectivity index (χ2v) is 9.14. The number of anilines is 1. The quantitative estimate of drug-likeness (QED) is 0.683. The Balaban J connectivity index is 1.82. The van der Waals surface area contributed by atoms with Gasteiger partial charge in [0.2, 0.25) is 5.91 Å². The number of carbonyl (C=O) groups is 1. The molecule has 2 aromatic rings. The lowest BCUT2D eigenvalue weighted by Gasteiger charge is -2.34. The van der Waals surface area contributed by atoms with Crippen LogP contribution in [-0.2, 0) is 17.8 Å². The Kier molecular flexibility index (Phi) is 6.86. The summed E-state index contributed by atoms with van der Waals surface area (Å²) >= 11 is 6.00. The fourth-order valence-corrected chi connectivity index (χ4v) is 4.02. The minimum atomic E-state index is -0.565. The molecule has 0 aromatic heterocycles. The van der Waals surface area contributed by atoms with Gasteiger partial charge in [-0.05, 0) is 31.5 Å². The Hall–Kier alpha value is -2.04. The normalized spacial score (nSPS) is 17.3. The zero-order chi connectivity index (χ0) is 21.0. The summed E-state index contributed by atoms with van der Waals surface area (Å²) in [6.45, 7) is 6.43. The maximum absolute atomic E-state index is 12.6. The van der Waals surface area contributed by atoms with E-state index < -0.39 is 5.41 Å². The maximum Gasteiger partial charge on any atom is 0.227 e. The highest BCUT2D eigenvalue weighted by Gasteiger charge is 2.31. The number of nitrogens with one attached hydrogen (secondary N) is 2. The van der Waals surface area contributed by atoms with Crippen molar-refractivity contribution >= 4 is 23.2 Å². The molecule has 5 heteroatoms. The minimum Gasteiger partial charge on any atom is -0.378 e. The average Bonchev–Trinajstić information content (AvgIpc) is 2.73. The van der Waals surface area contributed by atoms with Crippen LogP contribution in [0.1, 0.15) is 36.6 Å². The molecule has 0 radical (unpaired) electrons. The van der Waals surface area contributed by atoms with Crippen LogP contribution in [0.4, 0.5) is 5.69 Å². The SMILES string of the molecule is CN(C)c1ccc([C@@H](CNC(=O)C(C)(C)CCl)[NH+]2CCc3ccccc3C2)cc1. The van der Waals surface area contributed by atoms with Crippen LogP contribution < -0.4 is 15.1 Å². The molecule has 2 aromatic carbocycles. The molecule has 1 aliphatic heterocycles. The van der Waals surface area contributed by atoms with E-state index in [1.807, 2.05) is 27.9 Å². The van der Waals surface area contributed by atoms with E-state index in [4.69, 9.17) is 11.6 Å². The molecule has 0 bridgehead atoms. The zero-order valence-electron chi connectivity index (χ0n) is 18.0. The van der Waals surface area contributed by atoms with Crippen molar-refractivity contribution < 1.29 is 9.69 Å². The maximum atomic E-state index is 12.6. The monoisotopic (exact) mass is 414 g/mol. The first-order valence-electron chi connectivity index (χ1n) is 10.3. The molecule has 2 N–H and O–H groups in total. The number of nitrogens with zero attached hydrogens (tertiary/aromatic N) is 1. The molecule has 1 unspecified atom stereocenters. The smallest absolute Gasteiger partial charge is 0.227 e. The lowest BCUT2D eigenvalue weighted by Crippen LogP contribution is -3.12. The van der Waals surface area contributed by atoms with Crippen LogP contribution >= 0.6 is 11.6 Å². The van der Waals surface area contributed by atoms with Gasteiger partial charge in [0, 0.05) is 43.2 Å². The van der Waals surface area contributed by atoms with Crippen LogP contribution in [-0.4, -0.2) is 39.0 Å². The van der Waals surface area contributed by atoms with E-state index in [2.05, 4.69) is 58.7 Å². The van der Waals surface area contributed by atoms with Crippen LogP contribution in [0.5, 0.6) is 0 Å². The van der Waals surface area contributed by atoms with E-state index in [1.165, 1.54) is 27.3 Å². The van der Waals surface area contributed by atoms with Gasteiger partial charge in [-0.25, -0.2) is 0 Å². The molecule has 2 atom stereocenters. The molecule has 156 valence electrons. The van der Waals surface area contributed by atoms with Crippen molar-refractivity contribution in [1.82, 2.24) is 5.32 Å². The van der Waals surface area contributed by atoms with Crippen molar-refractivity contribution in [1.29, 1.82) is 0 Å². The average molecular weight is 415 g/mol. The first-order chi connectivity index (χ1) is 13.8. The van der Waals surface area contributed by atoms with Gasteiger partial charge in [0.1, 0.15) is 12.6 Å². The third-order valence-corrected chi connectivity index (χ3v) is 6.64. The van der Waals surface area contributed by atoms with E-state index in [9.17, 15) is 4.79 Å². The van der Waals surface area contributed by atoms with Crippen LogP contribution in [0, 0.1) is 5.41 Å². The Morgan fingerprint density at radius 3 is 2.41 bits per heavy atom. The molecule has 1 aliphatic rings. The number of rotatable bonds is 7. The summed E-state index contributed by atoms with van der Waals surface area (Å²) in [6, 6.07) is 17.6. The van der Waals surface area contributed by atoms with Crippen LogP contribution in [0.15, 0.2) is 48.5 Å². The molecule has 0 spiro atoms. The van der Waals surface area contributed by atoms with Crippen molar-refractivity contribution in [2.24, 2.45) is 5.41 Å². The Bertz CT molecular complexity index is 832.